The summed E-state index contributed by atoms with van der Waals surface area (Å²) in [7, 11) is 3.19. The molecule has 0 bridgehead atoms. The van der Waals surface area contributed by atoms with Crippen LogP contribution in [-0.4, -0.2) is 46.7 Å². The molecule has 0 spiro atoms. The molecule has 1 N–H and O–H groups in total. The van der Waals surface area contributed by atoms with Crippen molar-refractivity contribution in [1.29, 1.82) is 0 Å². The van der Waals surface area contributed by atoms with Crippen molar-refractivity contribution in [2.24, 2.45) is 11.0 Å². The van der Waals surface area contributed by atoms with Crippen LogP contribution in [0.25, 0.3) is 0 Å². The molecular weight excluding hydrogens is 446 g/mol. The highest BCUT2D eigenvalue weighted by atomic mass is 16.5. The van der Waals surface area contributed by atoms with Gasteiger partial charge in [-0.1, -0.05) is 19.1 Å². The Kier molecular flexibility index (Phi) is 7.35. The second kappa shape index (κ2) is 10.8. The summed E-state index contributed by atoms with van der Waals surface area (Å²) in [4.78, 5) is 33.0. The molecule has 180 valence electrons. The molecule has 9 heteroatoms. The van der Waals surface area contributed by atoms with Crippen molar-refractivity contribution in [3.63, 3.8) is 0 Å². The maximum absolute atomic E-state index is 12.8. The van der Waals surface area contributed by atoms with Crippen LogP contribution < -0.4 is 14.8 Å². The number of hydrogen-bond donors (Lipinski definition) is 1. The Hall–Kier alpha value is -4.27. The van der Waals surface area contributed by atoms with Crippen molar-refractivity contribution >= 4 is 23.2 Å². The van der Waals surface area contributed by atoms with Gasteiger partial charge in [0.15, 0.2) is 11.5 Å². The quantitative estimate of drug-likeness (QED) is 0.532. The van der Waals surface area contributed by atoms with E-state index in [2.05, 4.69) is 22.2 Å². The van der Waals surface area contributed by atoms with Gasteiger partial charge in [0.2, 0.25) is 11.7 Å². The lowest BCUT2D eigenvalue weighted by atomic mass is 9.89. The third kappa shape index (κ3) is 5.46. The summed E-state index contributed by atoms with van der Waals surface area (Å²) >= 11 is 0. The van der Waals surface area contributed by atoms with Crippen LogP contribution >= 0.6 is 0 Å². The number of carbonyl (C=O) groups excluding carboxylic acids is 2. The number of rotatable bonds is 8. The number of nitrogens with zero attached hydrogens (tertiary/aromatic N) is 4. The van der Waals surface area contributed by atoms with Gasteiger partial charge < -0.3 is 14.8 Å². The van der Waals surface area contributed by atoms with Gasteiger partial charge in [-0.25, -0.2) is 15.0 Å². The fourth-order valence-electron chi connectivity index (χ4n) is 3.90. The molecule has 0 saturated carbocycles. The number of ether oxygens (including phenoxy) is 2. The van der Waals surface area contributed by atoms with E-state index in [0.29, 0.717) is 30.2 Å². The van der Waals surface area contributed by atoms with E-state index in [1.807, 2.05) is 30.3 Å². The molecule has 9 nitrogen and oxygen atoms in total. The predicted octanol–water partition coefficient (Wildman–Crippen LogP) is 3.91. The molecule has 3 aromatic rings. The average molecular weight is 474 g/mol. The molecule has 2 aromatic carbocycles. The second-order valence-electron chi connectivity index (χ2n) is 8.04. The van der Waals surface area contributed by atoms with Crippen LogP contribution in [0.5, 0.6) is 11.5 Å². The summed E-state index contributed by atoms with van der Waals surface area (Å²) < 4.78 is 10.8. The third-order valence-corrected chi connectivity index (χ3v) is 5.81. The highest BCUT2D eigenvalue weighted by molar-refractivity contribution is 6.06. The van der Waals surface area contributed by atoms with Gasteiger partial charge in [0.05, 0.1) is 26.5 Å². The van der Waals surface area contributed by atoms with E-state index in [4.69, 9.17) is 14.6 Å². The van der Waals surface area contributed by atoms with E-state index >= 15 is 0 Å². The van der Waals surface area contributed by atoms with Gasteiger partial charge in [-0.05, 0) is 48.4 Å². The van der Waals surface area contributed by atoms with Crippen LogP contribution in [0.1, 0.15) is 41.5 Å². The van der Waals surface area contributed by atoms with E-state index in [1.54, 1.807) is 32.4 Å². The van der Waals surface area contributed by atoms with Crippen molar-refractivity contribution in [2.75, 3.05) is 19.5 Å². The number of aromatic nitrogens is 2. The highest BCUT2D eigenvalue weighted by Crippen LogP contribution is 2.31. The number of hydrogen-bond acceptors (Lipinski definition) is 7. The molecule has 1 aliphatic rings. The summed E-state index contributed by atoms with van der Waals surface area (Å²) in [5.74, 6) is 0.954. The lowest BCUT2D eigenvalue weighted by molar-refractivity contribution is -0.133. The minimum absolute atomic E-state index is 0.0228. The first-order valence-electron chi connectivity index (χ1n) is 11.3. The molecule has 2 amide bonds. The minimum Gasteiger partial charge on any atom is -0.493 e. The Morgan fingerprint density at radius 3 is 2.43 bits per heavy atom. The summed E-state index contributed by atoms with van der Waals surface area (Å²) in [6.45, 7) is 2.37. The topological polar surface area (TPSA) is 106 Å². The zero-order chi connectivity index (χ0) is 24.8. The number of nitrogens with one attached hydrogen (secondary N) is 1. The normalized spacial score (nSPS) is 15.4. The number of amides is 2. The zero-order valence-corrected chi connectivity index (χ0v) is 19.9. The standard InChI is InChI=1S/C26H27N5O4/c1-4-18-15-23(32)31(30-24(18)19-8-11-21(34-2)22(14-19)35-3)16-17-6-9-20(10-7-17)29-26(33)25-27-12-5-13-28-25/h5-14,18H,4,15-16H2,1-3H3,(H,29,33). The predicted molar refractivity (Wildman–Crippen MR) is 131 cm³/mol. The maximum Gasteiger partial charge on any atom is 0.293 e. The maximum atomic E-state index is 12.8. The van der Waals surface area contributed by atoms with Gasteiger partial charge in [0.1, 0.15) is 0 Å². The first kappa shape index (κ1) is 23.9. The number of methoxy groups -OCH3 is 2. The number of hydrazone groups is 1. The Morgan fingerprint density at radius 2 is 1.77 bits per heavy atom. The zero-order valence-electron chi connectivity index (χ0n) is 19.9. The molecule has 1 aliphatic heterocycles. The van der Waals surface area contributed by atoms with Crippen LogP contribution in [0.2, 0.25) is 0 Å². The molecule has 1 atom stereocenters. The largest absolute Gasteiger partial charge is 0.493 e. The molecule has 0 fully saturated rings. The first-order valence-corrected chi connectivity index (χ1v) is 11.3. The fourth-order valence-corrected chi connectivity index (χ4v) is 3.90. The lowest BCUT2D eigenvalue weighted by Crippen LogP contribution is -2.36. The highest BCUT2D eigenvalue weighted by Gasteiger charge is 2.29. The van der Waals surface area contributed by atoms with Crippen LogP contribution in [0.15, 0.2) is 66.0 Å². The molecule has 2 heterocycles. The molecule has 0 saturated heterocycles. The van der Waals surface area contributed by atoms with Crippen molar-refractivity contribution < 1.29 is 19.1 Å². The Morgan fingerprint density at radius 1 is 1.06 bits per heavy atom. The van der Waals surface area contributed by atoms with Crippen LogP contribution in [0.4, 0.5) is 5.69 Å². The smallest absolute Gasteiger partial charge is 0.293 e. The first-order chi connectivity index (χ1) is 17.0. The van der Waals surface area contributed by atoms with Gasteiger partial charge in [0.25, 0.3) is 5.91 Å². The van der Waals surface area contributed by atoms with Crippen molar-refractivity contribution in [2.45, 2.75) is 26.3 Å². The van der Waals surface area contributed by atoms with Gasteiger partial charge >= 0.3 is 0 Å². The summed E-state index contributed by atoms with van der Waals surface area (Å²) in [5.41, 5.74) is 3.24. The summed E-state index contributed by atoms with van der Waals surface area (Å²) in [5, 5.41) is 9.01. The van der Waals surface area contributed by atoms with E-state index in [0.717, 1.165) is 23.3 Å². The minimum atomic E-state index is -0.390. The number of anilines is 1. The Balaban J connectivity index is 1.52. The number of carbonyl (C=O) groups is 2. The van der Waals surface area contributed by atoms with Crippen LogP contribution in [0.3, 0.4) is 0 Å². The summed E-state index contributed by atoms with van der Waals surface area (Å²) in [6, 6.07) is 14.6. The van der Waals surface area contributed by atoms with Gasteiger partial charge in [-0.15, -0.1) is 0 Å². The van der Waals surface area contributed by atoms with Crippen molar-refractivity contribution in [3.05, 3.63) is 77.9 Å². The van der Waals surface area contributed by atoms with Gasteiger partial charge in [-0.3, -0.25) is 9.59 Å². The summed E-state index contributed by atoms with van der Waals surface area (Å²) in [6.07, 6.45) is 4.21. The molecular formula is C26H27N5O4. The molecule has 1 unspecified atom stereocenters. The van der Waals surface area contributed by atoms with Crippen molar-refractivity contribution in [3.8, 4) is 11.5 Å². The Labute approximate surface area is 203 Å². The molecule has 4 rings (SSSR count). The Bertz CT molecular complexity index is 1230. The van der Waals surface area contributed by atoms with Crippen molar-refractivity contribution in [1.82, 2.24) is 15.0 Å². The second-order valence-corrected chi connectivity index (χ2v) is 8.04. The fraction of sp³-hybridized carbons (Fsp3) is 0.269. The molecule has 0 aliphatic carbocycles. The lowest BCUT2D eigenvalue weighted by Gasteiger charge is -2.29. The van der Waals surface area contributed by atoms with Gasteiger partial charge in [0, 0.05) is 36.0 Å². The van der Waals surface area contributed by atoms with E-state index < -0.39 is 0 Å². The average Bonchev–Trinajstić information content (AvgIpc) is 2.90. The molecule has 0 radical (unpaired) electrons. The van der Waals surface area contributed by atoms with E-state index in [1.165, 1.54) is 17.4 Å². The molecule has 35 heavy (non-hydrogen) atoms. The van der Waals surface area contributed by atoms with Gasteiger partial charge in [-0.2, -0.15) is 5.10 Å². The van der Waals surface area contributed by atoms with Crippen LogP contribution in [-0.2, 0) is 11.3 Å². The van der Waals surface area contributed by atoms with E-state index in [-0.39, 0.29) is 23.6 Å². The SMILES string of the molecule is CCC1CC(=O)N(Cc2ccc(NC(=O)c3ncccn3)cc2)N=C1c1ccc(OC)c(OC)c1. The van der Waals surface area contributed by atoms with Crippen LogP contribution in [0, 0.1) is 5.92 Å². The van der Waals surface area contributed by atoms with E-state index in [9.17, 15) is 9.59 Å². The third-order valence-electron chi connectivity index (χ3n) is 5.81. The monoisotopic (exact) mass is 473 g/mol. The molecule has 1 aromatic heterocycles. The number of benzene rings is 2.